The molecule has 8 aromatic carbocycles. The van der Waals surface area contributed by atoms with Crippen LogP contribution in [0.15, 0.2) is 192 Å². The lowest BCUT2D eigenvalue weighted by Crippen LogP contribution is -2.25. The van der Waals surface area contributed by atoms with Crippen molar-refractivity contribution in [3.05, 3.63) is 210 Å². The van der Waals surface area contributed by atoms with Crippen molar-refractivity contribution in [3.8, 4) is 50.7 Å². The molecule has 0 atom stereocenters. The number of fused-ring (bicyclic) bond motifs is 17. The number of rotatable bonds is 3. The van der Waals surface area contributed by atoms with E-state index in [1.54, 1.807) is 0 Å². The first-order valence-corrected chi connectivity index (χ1v) is 19.5. The third-order valence-electron chi connectivity index (χ3n) is 12.4. The van der Waals surface area contributed by atoms with E-state index < -0.39 is 5.41 Å². The molecule has 0 N–H and O–H groups in total. The molecule has 0 radical (unpaired) electrons. The van der Waals surface area contributed by atoms with Gasteiger partial charge in [-0.05, 0) is 68.8 Å². The summed E-state index contributed by atoms with van der Waals surface area (Å²) in [4.78, 5) is 10.7. The Hall–Kier alpha value is -7.56. The molecule has 0 aliphatic heterocycles. The quantitative estimate of drug-likeness (QED) is 0.182. The van der Waals surface area contributed by atoms with Gasteiger partial charge in [0.1, 0.15) is 17.0 Å². The largest absolute Gasteiger partial charge is 0.456 e. The number of furan rings is 1. The van der Waals surface area contributed by atoms with Crippen LogP contribution in [0, 0.1) is 0 Å². The van der Waals surface area contributed by atoms with Crippen molar-refractivity contribution in [2.24, 2.45) is 0 Å². The second-order valence-electron chi connectivity index (χ2n) is 15.2. The highest BCUT2D eigenvalue weighted by Gasteiger charge is 2.52. The molecule has 264 valence electrons. The van der Waals surface area contributed by atoms with Gasteiger partial charge in [0.2, 0.25) is 0 Å². The van der Waals surface area contributed by atoms with Crippen molar-refractivity contribution < 1.29 is 4.42 Å². The Balaban J connectivity index is 1.14. The molecule has 0 bridgehead atoms. The molecule has 3 aromatic heterocycles. The molecule has 2 aliphatic rings. The van der Waals surface area contributed by atoms with E-state index >= 15 is 0 Å². The highest BCUT2D eigenvalue weighted by molar-refractivity contribution is 6.19. The molecule has 0 saturated carbocycles. The zero-order valence-electron chi connectivity index (χ0n) is 30.6. The summed E-state index contributed by atoms with van der Waals surface area (Å²) < 4.78 is 8.70. The first kappa shape index (κ1) is 30.7. The summed E-state index contributed by atoms with van der Waals surface area (Å²) in [5, 5.41) is 4.55. The van der Waals surface area contributed by atoms with Crippen LogP contribution in [0.3, 0.4) is 0 Å². The second kappa shape index (κ2) is 11.2. The third kappa shape index (κ3) is 3.96. The van der Waals surface area contributed by atoms with Crippen molar-refractivity contribution >= 4 is 43.7 Å². The minimum atomic E-state index is -0.425. The Morgan fingerprint density at radius 2 is 1.04 bits per heavy atom. The lowest BCUT2D eigenvalue weighted by Gasteiger charge is -2.30. The van der Waals surface area contributed by atoms with Crippen molar-refractivity contribution in [2.75, 3.05) is 0 Å². The van der Waals surface area contributed by atoms with Gasteiger partial charge in [-0.3, -0.25) is 4.57 Å². The van der Waals surface area contributed by atoms with Gasteiger partial charge < -0.3 is 4.42 Å². The monoisotopic (exact) mass is 725 g/mol. The first-order chi connectivity index (χ1) is 28.3. The standard InChI is InChI=1S/C53H31N3O/c1-2-15-32(16-3-1)52-54-43(36-22-14-28-47-49(36)38-21-8-13-27-46(38)57-47)31-48(55-52)56-44-26-12-7-20-37(44)51-45(56)30-29-42-50(51)35-19-6-11-25-41(35)53(42)39-23-9-4-17-33(39)34-18-5-10-24-40(34)53/h1-31H. The van der Waals surface area contributed by atoms with Gasteiger partial charge in [0, 0.05) is 38.7 Å². The van der Waals surface area contributed by atoms with Crippen molar-refractivity contribution in [1.82, 2.24) is 14.5 Å². The third-order valence-corrected chi connectivity index (χ3v) is 12.4. The number of aromatic nitrogens is 3. The van der Waals surface area contributed by atoms with Crippen LogP contribution in [0.1, 0.15) is 22.3 Å². The molecule has 0 saturated heterocycles. The van der Waals surface area contributed by atoms with Crippen molar-refractivity contribution in [2.45, 2.75) is 5.41 Å². The molecule has 4 heteroatoms. The maximum atomic E-state index is 6.35. The summed E-state index contributed by atoms with van der Waals surface area (Å²) in [5.41, 5.74) is 16.8. The van der Waals surface area contributed by atoms with E-state index in [-0.39, 0.29) is 0 Å². The van der Waals surface area contributed by atoms with Gasteiger partial charge in [-0.1, -0.05) is 158 Å². The Kier molecular flexibility index (Phi) is 6.07. The maximum absolute atomic E-state index is 6.35. The van der Waals surface area contributed by atoms with Crippen LogP contribution in [-0.2, 0) is 5.41 Å². The molecule has 0 amide bonds. The van der Waals surface area contributed by atoms with Crippen LogP contribution in [0.4, 0.5) is 0 Å². The van der Waals surface area contributed by atoms with Crippen LogP contribution in [-0.4, -0.2) is 14.5 Å². The number of benzene rings is 8. The first-order valence-electron chi connectivity index (χ1n) is 19.5. The van der Waals surface area contributed by atoms with E-state index in [1.807, 2.05) is 36.4 Å². The second-order valence-corrected chi connectivity index (χ2v) is 15.2. The van der Waals surface area contributed by atoms with Gasteiger partial charge in [0.15, 0.2) is 5.82 Å². The zero-order chi connectivity index (χ0) is 37.2. The summed E-state index contributed by atoms with van der Waals surface area (Å²) in [6, 6.07) is 67.5. The topological polar surface area (TPSA) is 43.9 Å². The van der Waals surface area contributed by atoms with E-state index in [9.17, 15) is 0 Å². The minimum absolute atomic E-state index is 0.425. The lowest BCUT2D eigenvalue weighted by molar-refractivity contribution is 0.669. The van der Waals surface area contributed by atoms with Crippen LogP contribution >= 0.6 is 0 Å². The van der Waals surface area contributed by atoms with E-state index in [0.29, 0.717) is 5.82 Å². The minimum Gasteiger partial charge on any atom is -0.456 e. The zero-order valence-corrected chi connectivity index (χ0v) is 30.6. The molecule has 4 nitrogen and oxygen atoms in total. The highest BCUT2D eigenvalue weighted by atomic mass is 16.3. The predicted octanol–water partition coefficient (Wildman–Crippen LogP) is 13.2. The number of hydrogen-bond donors (Lipinski definition) is 0. The molecule has 3 heterocycles. The van der Waals surface area contributed by atoms with E-state index in [0.717, 1.165) is 55.6 Å². The molecule has 1 spiro atoms. The lowest BCUT2D eigenvalue weighted by atomic mass is 9.70. The molecule has 57 heavy (non-hydrogen) atoms. The van der Waals surface area contributed by atoms with E-state index in [2.05, 4.69) is 156 Å². The molecule has 0 fully saturated rings. The van der Waals surface area contributed by atoms with Crippen molar-refractivity contribution in [1.29, 1.82) is 0 Å². The van der Waals surface area contributed by atoms with Crippen molar-refractivity contribution in [3.63, 3.8) is 0 Å². The van der Waals surface area contributed by atoms with Crippen LogP contribution < -0.4 is 0 Å². The summed E-state index contributed by atoms with van der Waals surface area (Å²) in [6.45, 7) is 0. The fourth-order valence-corrected chi connectivity index (χ4v) is 10.3. The average molecular weight is 726 g/mol. The van der Waals surface area contributed by atoms with Gasteiger partial charge in [-0.15, -0.1) is 0 Å². The SMILES string of the molecule is c1ccc(-c2nc(-c3cccc4oc5ccccc5c34)cc(-n3c4ccccc4c4c5c(ccc43)C3(c4ccccc4-c4ccccc43)c3ccccc3-5)n2)cc1. The number of nitrogens with zero attached hydrogens (tertiary/aromatic N) is 3. The molecular formula is C53H31N3O. The normalized spacial score (nSPS) is 13.4. The molecule has 11 aromatic rings. The average Bonchev–Trinajstić information content (AvgIpc) is 4.00. The predicted molar refractivity (Wildman–Crippen MR) is 231 cm³/mol. The molecular weight excluding hydrogens is 695 g/mol. The Morgan fingerprint density at radius 3 is 1.82 bits per heavy atom. The fraction of sp³-hybridized carbons (Fsp3) is 0.0189. The Morgan fingerprint density at radius 1 is 0.421 bits per heavy atom. The van der Waals surface area contributed by atoms with E-state index in [1.165, 1.54) is 55.3 Å². The number of hydrogen-bond acceptors (Lipinski definition) is 3. The molecule has 0 unspecified atom stereocenters. The van der Waals surface area contributed by atoms with Gasteiger partial charge in [-0.25, -0.2) is 9.97 Å². The van der Waals surface area contributed by atoms with Crippen LogP contribution in [0.2, 0.25) is 0 Å². The van der Waals surface area contributed by atoms with Crippen LogP contribution in [0.5, 0.6) is 0 Å². The maximum Gasteiger partial charge on any atom is 0.162 e. The van der Waals surface area contributed by atoms with Crippen LogP contribution in [0.25, 0.3) is 94.5 Å². The number of para-hydroxylation sites is 2. The van der Waals surface area contributed by atoms with Gasteiger partial charge in [0.05, 0.1) is 22.1 Å². The molecule has 13 rings (SSSR count). The smallest absolute Gasteiger partial charge is 0.162 e. The Labute approximate surface area is 328 Å². The summed E-state index contributed by atoms with van der Waals surface area (Å²) in [5.74, 6) is 1.48. The van der Waals surface area contributed by atoms with E-state index in [4.69, 9.17) is 14.4 Å². The summed E-state index contributed by atoms with van der Waals surface area (Å²) >= 11 is 0. The van der Waals surface area contributed by atoms with Gasteiger partial charge in [-0.2, -0.15) is 0 Å². The van der Waals surface area contributed by atoms with Gasteiger partial charge >= 0.3 is 0 Å². The summed E-state index contributed by atoms with van der Waals surface area (Å²) in [6.07, 6.45) is 0. The molecule has 2 aliphatic carbocycles. The fourth-order valence-electron chi connectivity index (χ4n) is 10.3. The van der Waals surface area contributed by atoms with Gasteiger partial charge in [0.25, 0.3) is 0 Å². The highest BCUT2D eigenvalue weighted by Crippen LogP contribution is 2.64. The summed E-state index contributed by atoms with van der Waals surface area (Å²) in [7, 11) is 0. The Bertz CT molecular complexity index is 3440.